The Morgan fingerprint density at radius 3 is 2.62 bits per heavy atom. The van der Waals surface area contributed by atoms with Crippen LogP contribution in [-0.2, 0) is 9.59 Å². The maximum Gasteiger partial charge on any atom is 0.234 e. The van der Waals surface area contributed by atoms with E-state index in [-0.39, 0.29) is 11.5 Å². The number of hydrogen-bond acceptors (Lipinski definition) is 2. The Bertz CT molecular complexity index is 513. The van der Waals surface area contributed by atoms with Gasteiger partial charge in [-0.3, -0.25) is 9.59 Å². The molecule has 0 saturated heterocycles. The molecular weight excluding hydrogens is 200 g/mol. The standard InChI is InChI=1S/C14H12O2/c1-4-10-7-8(2)5-6-11-12(10)9(3)13(15)14(11)16/h4-8H,1,3H2,2H3. The van der Waals surface area contributed by atoms with Crippen molar-refractivity contribution >= 4 is 11.6 Å². The second kappa shape index (κ2) is 3.56. The molecule has 0 fully saturated rings. The van der Waals surface area contributed by atoms with Gasteiger partial charge in [0.1, 0.15) is 0 Å². The third-order valence-corrected chi connectivity index (χ3v) is 2.81. The van der Waals surface area contributed by atoms with E-state index in [2.05, 4.69) is 13.2 Å². The van der Waals surface area contributed by atoms with E-state index in [0.717, 1.165) is 5.57 Å². The van der Waals surface area contributed by atoms with Gasteiger partial charge >= 0.3 is 0 Å². The molecule has 2 aliphatic carbocycles. The minimum absolute atomic E-state index is 0.217. The molecule has 0 aliphatic heterocycles. The highest BCUT2D eigenvalue weighted by Crippen LogP contribution is 2.34. The van der Waals surface area contributed by atoms with Crippen LogP contribution in [0, 0.1) is 5.92 Å². The van der Waals surface area contributed by atoms with Gasteiger partial charge in [0.2, 0.25) is 11.6 Å². The zero-order valence-corrected chi connectivity index (χ0v) is 9.12. The van der Waals surface area contributed by atoms with E-state index < -0.39 is 11.6 Å². The molecule has 1 unspecified atom stereocenters. The molecule has 2 rings (SSSR count). The smallest absolute Gasteiger partial charge is 0.234 e. The summed E-state index contributed by atoms with van der Waals surface area (Å²) in [5.41, 5.74) is 2.19. The van der Waals surface area contributed by atoms with Crippen molar-refractivity contribution in [2.24, 2.45) is 5.92 Å². The van der Waals surface area contributed by atoms with Crippen molar-refractivity contribution in [1.82, 2.24) is 0 Å². The van der Waals surface area contributed by atoms with Gasteiger partial charge in [-0.2, -0.15) is 0 Å². The summed E-state index contributed by atoms with van der Waals surface area (Å²) >= 11 is 0. The van der Waals surface area contributed by atoms with E-state index in [9.17, 15) is 9.59 Å². The lowest BCUT2D eigenvalue weighted by Gasteiger charge is -2.05. The highest BCUT2D eigenvalue weighted by atomic mass is 16.2. The molecule has 2 heteroatoms. The molecular formula is C14H12O2. The van der Waals surface area contributed by atoms with Crippen LogP contribution in [0.15, 0.2) is 59.8 Å². The Morgan fingerprint density at radius 2 is 2.00 bits per heavy atom. The van der Waals surface area contributed by atoms with Gasteiger partial charge in [0.05, 0.1) is 0 Å². The average Bonchev–Trinajstić information content (AvgIpc) is 2.44. The topological polar surface area (TPSA) is 34.1 Å². The summed E-state index contributed by atoms with van der Waals surface area (Å²) in [5, 5.41) is 0. The molecule has 2 aliphatic rings. The van der Waals surface area contributed by atoms with Crippen LogP contribution in [0.1, 0.15) is 6.92 Å². The van der Waals surface area contributed by atoms with Crippen molar-refractivity contribution in [2.75, 3.05) is 0 Å². The second-order valence-electron chi connectivity index (χ2n) is 3.97. The van der Waals surface area contributed by atoms with Gasteiger partial charge in [-0.1, -0.05) is 44.4 Å². The van der Waals surface area contributed by atoms with Crippen molar-refractivity contribution in [3.05, 3.63) is 59.8 Å². The van der Waals surface area contributed by atoms with Crippen LogP contribution in [-0.4, -0.2) is 11.6 Å². The Hall–Kier alpha value is -1.96. The van der Waals surface area contributed by atoms with E-state index in [1.165, 1.54) is 0 Å². The van der Waals surface area contributed by atoms with Gasteiger partial charge in [-0.25, -0.2) is 0 Å². The van der Waals surface area contributed by atoms with Gasteiger partial charge < -0.3 is 0 Å². The number of ketones is 2. The van der Waals surface area contributed by atoms with Crippen LogP contribution in [0.3, 0.4) is 0 Å². The maximum atomic E-state index is 11.7. The van der Waals surface area contributed by atoms with Crippen LogP contribution in [0.4, 0.5) is 0 Å². The first-order chi connectivity index (χ1) is 7.56. The summed E-state index contributed by atoms with van der Waals surface area (Å²) in [7, 11) is 0. The van der Waals surface area contributed by atoms with Gasteiger partial charge in [-0.15, -0.1) is 0 Å². The van der Waals surface area contributed by atoms with E-state index in [1.807, 2.05) is 19.1 Å². The first-order valence-electron chi connectivity index (χ1n) is 5.11. The zero-order chi connectivity index (χ0) is 11.9. The monoisotopic (exact) mass is 212 g/mol. The van der Waals surface area contributed by atoms with Crippen LogP contribution in [0.2, 0.25) is 0 Å². The highest BCUT2D eigenvalue weighted by Gasteiger charge is 2.35. The predicted octanol–water partition coefficient (Wildman–Crippen LogP) is 2.31. The summed E-state index contributed by atoms with van der Waals surface area (Å²) in [6, 6.07) is 0. The fourth-order valence-electron chi connectivity index (χ4n) is 1.98. The Balaban J connectivity index is 2.67. The molecule has 0 saturated carbocycles. The van der Waals surface area contributed by atoms with Crippen molar-refractivity contribution in [1.29, 1.82) is 0 Å². The normalized spacial score (nSPS) is 24.4. The van der Waals surface area contributed by atoms with E-state index in [4.69, 9.17) is 0 Å². The third-order valence-electron chi connectivity index (χ3n) is 2.81. The number of allylic oxidation sites excluding steroid dienone is 8. The van der Waals surface area contributed by atoms with Gasteiger partial charge in [0, 0.05) is 16.7 Å². The number of hydrogen-bond donors (Lipinski definition) is 0. The summed E-state index contributed by atoms with van der Waals surface area (Å²) in [6.45, 7) is 9.41. The van der Waals surface area contributed by atoms with E-state index in [0.29, 0.717) is 11.1 Å². The van der Waals surface area contributed by atoms with Crippen molar-refractivity contribution in [3.63, 3.8) is 0 Å². The minimum atomic E-state index is -0.503. The fourth-order valence-corrected chi connectivity index (χ4v) is 1.98. The largest absolute Gasteiger partial charge is 0.285 e. The first kappa shape index (κ1) is 10.6. The molecule has 80 valence electrons. The van der Waals surface area contributed by atoms with Crippen LogP contribution in [0.5, 0.6) is 0 Å². The highest BCUT2D eigenvalue weighted by molar-refractivity contribution is 6.54. The van der Waals surface area contributed by atoms with Gasteiger partial charge in [-0.05, 0) is 11.5 Å². The molecule has 0 N–H and O–H groups in total. The van der Waals surface area contributed by atoms with Crippen molar-refractivity contribution in [2.45, 2.75) is 6.92 Å². The first-order valence-corrected chi connectivity index (χ1v) is 5.11. The molecule has 16 heavy (non-hydrogen) atoms. The third kappa shape index (κ3) is 1.34. The molecule has 2 nitrogen and oxygen atoms in total. The van der Waals surface area contributed by atoms with Gasteiger partial charge in [0.15, 0.2) is 0 Å². The number of Topliss-reactive ketones (excluding diaryl/α,β-unsaturated/α-hetero) is 2. The molecule has 0 aromatic heterocycles. The number of carbonyl (C=O) groups excluding carboxylic acids is 2. The van der Waals surface area contributed by atoms with E-state index in [1.54, 1.807) is 12.2 Å². The lowest BCUT2D eigenvalue weighted by molar-refractivity contribution is -0.131. The lowest BCUT2D eigenvalue weighted by Crippen LogP contribution is -2.08. The second-order valence-corrected chi connectivity index (χ2v) is 3.97. The molecule has 0 amide bonds. The molecule has 0 spiro atoms. The minimum Gasteiger partial charge on any atom is -0.285 e. The number of carbonyl (C=O) groups is 2. The molecule has 1 atom stereocenters. The Labute approximate surface area is 94.3 Å². The maximum absolute atomic E-state index is 11.7. The van der Waals surface area contributed by atoms with Crippen molar-refractivity contribution in [3.8, 4) is 0 Å². The molecule has 0 heterocycles. The van der Waals surface area contributed by atoms with Crippen molar-refractivity contribution < 1.29 is 9.59 Å². The Kier molecular flexibility index (Phi) is 2.35. The molecule has 0 bridgehead atoms. The fraction of sp³-hybridized carbons (Fsp3) is 0.143. The quantitative estimate of drug-likeness (QED) is 0.493. The predicted molar refractivity (Wildman–Crippen MR) is 62.8 cm³/mol. The average molecular weight is 212 g/mol. The molecule has 0 radical (unpaired) electrons. The SMILES string of the molecule is C=CC1=CC(C)C=CC2=C1C(=C)C(=O)C2=O. The summed E-state index contributed by atoms with van der Waals surface area (Å²) < 4.78 is 0. The van der Waals surface area contributed by atoms with Crippen LogP contribution in [0.25, 0.3) is 0 Å². The van der Waals surface area contributed by atoms with E-state index >= 15 is 0 Å². The zero-order valence-electron chi connectivity index (χ0n) is 9.12. The van der Waals surface area contributed by atoms with Gasteiger partial charge in [0.25, 0.3) is 0 Å². The van der Waals surface area contributed by atoms with Crippen LogP contribution >= 0.6 is 0 Å². The molecule has 0 aromatic carbocycles. The lowest BCUT2D eigenvalue weighted by atomic mass is 9.98. The Morgan fingerprint density at radius 1 is 1.31 bits per heavy atom. The molecule has 0 aromatic rings. The summed E-state index contributed by atoms with van der Waals surface area (Å²) in [5.74, 6) is -0.746. The number of rotatable bonds is 1. The van der Waals surface area contributed by atoms with Crippen LogP contribution < -0.4 is 0 Å². The summed E-state index contributed by atoms with van der Waals surface area (Å²) in [6.07, 6.45) is 7.25. The summed E-state index contributed by atoms with van der Waals surface area (Å²) in [4.78, 5) is 23.2.